The van der Waals surface area contributed by atoms with E-state index < -0.39 is 0 Å². The van der Waals surface area contributed by atoms with Crippen molar-refractivity contribution in [2.24, 2.45) is 0 Å². The average Bonchev–Trinajstić information content (AvgIpc) is 3.11. The van der Waals surface area contributed by atoms with Gasteiger partial charge in [-0.3, -0.25) is 9.48 Å². The summed E-state index contributed by atoms with van der Waals surface area (Å²) in [5, 5.41) is 7.80. The summed E-state index contributed by atoms with van der Waals surface area (Å²) in [5.41, 5.74) is 1.51. The fraction of sp³-hybridized carbons (Fsp3) is 0.444. The molecule has 2 heterocycles. The van der Waals surface area contributed by atoms with Gasteiger partial charge in [-0.25, -0.2) is 0 Å². The van der Waals surface area contributed by atoms with Gasteiger partial charge in [-0.2, -0.15) is 5.10 Å². The standard InChI is InChI=1S/C18H24N4O2.ClH/c1-13(2)22-10-8-15(20-22)18(23)21-11-9-19-12-16(21)14-6-4-5-7-17(14)24-3;/h4-8,10,13,16,19H,9,11-12H2,1-3H3;1H. The number of carbonyl (C=O) groups is 1. The number of halogens is 1. The molecule has 0 bridgehead atoms. The third-order valence-corrected chi connectivity index (χ3v) is 4.36. The summed E-state index contributed by atoms with van der Waals surface area (Å²) in [6.07, 6.45) is 1.86. The highest BCUT2D eigenvalue weighted by atomic mass is 35.5. The zero-order valence-electron chi connectivity index (χ0n) is 14.8. The first-order valence-corrected chi connectivity index (χ1v) is 8.31. The SMILES string of the molecule is COc1ccccc1C1CNCCN1C(=O)c1ccn(C(C)C)n1.Cl. The molecule has 2 aromatic rings. The van der Waals surface area contributed by atoms with Crippen LogP contribution >= 0.6 is 12.4 Å². The Morgan fingerprint density at radius 3 is 2.76 bits per heavy atom. The van der Waals surface area contributed by atoms with Crippen LogP contribution in [0.15, 0.2) is 36.5 Å². The second kappa shape index (κ2) is 8.36. The first-order chi connectivity index (χ1) is 11.6. The Hall–Kier alpha value is -2.05. The quantitative estimate of drug-likeness (QED) is 0.906. The summed E-state index contributed by atoms with van der Waals surface area (Å²) in [7, 11) is 1.66. The number of amides is 1. The topological polar surface area (TPSA) is 59.4 Å². The number of piperazine rings is 1. The van der Waals surface area contributed by atoms with Crippen molar-refractivity contribution in [2.45, 2.75) is 25.9 Å². The summed E-state index contributed by atoms with van der Waals surface area (Å²) in [4.78, 5) is 14.9. The zero-order chi connectivity index (χ0) is 17.1. The Labute approximate surface area is 154 Å². The molecular formula is C18H25ClN4O2. The van der Waals surface area contributed by atoms with Crippen LogP contribution in [-0.2, 0) is 0 Å². The maximum atomic E-state index is 13.0. The van der Waals surface area contributed by atoms with Crippen LogP contribution in [0.3, 0.4) is 0 Å². The highest BCUT2D eigenvalue weighted by molar-refractivity contribution is 5.92. The lowest BCUT2D eigenvalue weighted by Gasteiger charge is -2.36. The van der Waals surface area contributed by atoms with Crippen molar-refractivity contribution < 1.29 is 9.53 Å². The van der Waals surface area contributed by atoms with Crippen molar-refractivity contribution in [3.63, 3.8) is 0 Å². The van der Waals surface area contributed by atoms with Gasteiger partial charge in [-0.15, -0.1) is 12.4 Å². The van der Waals surface area contributed by atoms with Crippen LogP contribution in [0.2, 0.25) is 0 Å². The number of ether oxygens (including phenoxy) is 1. The normalized spacial score (nSPS) is 17.3. The molecule has 0 spiro atoms. The molecule has 1 fully saturated rings. The van der Waals surface area contributed by atoms with E-state index in [-0.39, 0.29) is 30.4 Å². The van der Waals surface area contributed by atoms with E-state index in [9.17, 15) is 4.79 Å². The third-order valence-electron chi connectivity index (χ3n) is 4.36. The number of methoxy groups -OCH3 is 1. The monoisotopic (exact) mass is 364 g/mol. The van der Waals surface area contributed by atoms with Crippen LogP contribution in [0.1, 0.15) is 42.0 Å². The minimum absolute atomic E-state index is 0. The van der Waals surface area contributed by atoms with E-state index in [0.29, 0.717) is 18.8 Å². The van der Waals surface area contributed by atoms with Crippen LogP contribution in [0.5, 0.6) is 5.75 Å². The predicted molar refractivity (Wildman–Crippen MR) is 99.5 cm³/mol. The Balaban J connectivity index is 0.00000225. The summed E-state index contributed by atoms with van der Waals surface area (Å²) in [5.74, 6) is 0.767. The largest absolute Gasteiger partial charge is 0.496 e. The number of aromatic nitrogens is 2. The second-order valence-corrected chi connectivity index (χ2v) is 6.24. The molecule has 1 unspecified atom stereocenters. The molecule has 3 rings (SSSR count). The van der Waals surface area contributed by atoms with Crippen molar-refractivity contribution in [3.8, 4) is 5.75 Å². The average molecular weight is 365 g/mol. The Bertz CT molecular complexity index is 717. The van der Waals surface area contributed by atoms with E-state index >= 15 is 0 Å². The molecule has 1 aromatic carbocycles. The van der Waals surface area contributed by atoms with Gasteiger partial charge >= 0.3 is 0 Å². The van der Waals surface area contributed by atoms with Crippen LogP contribution in [0.4, 0.5) is 0 Å². The third kappa shape index (κ3) is 3.96. The van der Waals surface area contributed by atoms with Gasteiger partial charge < -0.3 is 15.0 Å². The predicted octanol–water partition coefficient (Wildman–Crippen LogP) is 2.68. The highest BCUT2D eigenvalue weighted by Crippen LogP contribution is 2.31. The first kappa shape index (κ1) is 19.3. The minimum atomic E-state index is -0.0633. The molecule has 1 atom stereocenters. The van der Waals surface area contributed by atoms with Gasteiger partial charge in [0.15, 0.2) is 0 Å². The molecule has 0 radical (unpaired) electrons. The summed E-state index contributed by atoms with van der Waals surface area (Å²) in [6.45, 7) is 6.22. The van der Waals surface area contributed by atoms with Gasteiger partial charge in [-0.1, -0.05) is 18.2 Å². The van der Waals surface area contributed by atoms with Gasteiger partial charge in [0.25, 0.3) is 5.91 Å². The number of nitrogens with zero attached hydrogens (tertiary/aromatic N) is 3. The number of hydrogen-bond acceptors (Lipinski definition) is 4. The van der Waals surface area contributed by atoms with Gasteiger partial charge in [0.1, 0.15) is 11.4 Å². The van der Waals surface area contributed by atoms with Crippen molar-refractivity contribution in [1.29, 1.82) is 0 Å². The van der Waals surface area contributed by atoms with E-state index in [1.54, 1.807) is 13.2 Å². The Kier molecular flexibility index (Phi) is 6.45. The number of rotatable bonds is 4. The molecule has 25 heavy (non-hydrogen) atoms. The van der Waals surface area contributed by atoms with Gasteiger partial charge in [-0.05, 0) is 26.0 Å². The lowest BCUT2D eigenvalue weighted by molar-refractivity contribution is 0.0624. The number of hydrogen-bond donors (Lipinski definition) is 1. The minimum Gasteiger partial charge on any atom is -0.496 e. The molecule has 0 aliphatic carbocycles. The van der Waals surface area contributed by atoms with E-state index in [0.717, 1.165) is 17.9 Å². The van der Waals surface area contributed by atoms with E-state index in [4.69, 9.17) is 4.74 Å². The molecule has 1 aliphatic heterocycles. The van der Waals surface area contributed by atoms with Crippen molar-refractivity contribution in [3.05, 3.63) is 47.8 Å². The molecule has 0 saturated carbocycles. The number of para-hydroxylation sites is 1. The molecule has 1 saturated heterocycles. The zero-order valence-corrected chi connectivity index (χ0v) is 15.6. The number of benzene rings is 1. The van der Waals surface area contributed by atoms with Crippen molar-refractivity contribution in [2.75, 3.05) is 26.7 Å². The summed E-state index contributed by atoms with van der Waals surface area (Å²) < 4.78 is 7.30. The molecule has 6 nitrogen and oxygen atoms in total. The van der Waals surface area contributed by atoms with Gasteiger partial charge in [0.2, 0.25) is 0 Å². The lowest BCUT2D eigenvalue weighted by Crippen LogP contribution is -2.48. The molecule has 136 valence electrons. The Morgan fingerprint density at radius 1 is 1.32 bits per heavy atom. The van der Waals surface area contributed by atoms with Gasteiger partial charge in [0.05, 0.1) is 13.2 Å². The second-order valence-electron chi connectivity index (χ2n) is 6.24. The number of carbonyl (C=O) groups excluding carboxylic acids is 1. The fourth-order valence-corrected chi connectivity index (χ4v) is 3.05. The van der Waals surface area contributed by atoms with Crippen LogP contribution in [0.25, 0.3) is 0 Å². The molecule has 1 aromatic heterocycles. The van der Waals surface area contributed by atoms with E-state index in [2.05, 4.69) is 10.4 Å². The smallest absolute Gasteiger partial charge is 0.274 e. The van der Waals surface area contributed by atoms with Crippen LogP contribution < -0.4 is 10.1 Å². The maximum absolute atomic E-state index is 13.0. The number of nitrogens with one attached hydrogen (secondary N) is 1. The van der Waals surface area contributed by atoms with E-state index in [1.807, 2.05) is 53.9 Å². The maximum Gasteiger partial charge on any atom is 0.274 e. The van der Waals surface area contributed by atoms with E-state index in [1.165, 1.54) is 0 Å². The molecule has 7 heteroatoms. The molecule has 1 amide bonds. The molecular weight excluding hydrogens is 340 g/mol. The molecule has 1 aliphatic rings. The lowest BCUT2D eigenvalue weighted by atomic mass is 10.0. The highest BCUT2D eigenvalue weighted by Gasteiger charge is 2.31. The summed E-state index contributed by atoms with van der Waals surface area (Å²) >= 11 is 0. The molecule has 1 N–H and O–H groups in total. The summed E-state index contributed by atoms with van der Waals surface area (Å²) in [6, 6.07) is 9.83. The van der Waals surface area contributed by atoms with Crippen molar-refractivity contribution >= 4 is 18.3 Å². The fourth-order valence-electron chi connectivity index (χ4n) is 3.05. The van der Waals surface area contributed by atoms with Crippen LogP contribution in [-0.4, -0.2) is 47.3 Å². The Morgan fingerprint density at radius 2 is 2.08 bits per heavy atom. The van der Waals surface area contributed by atoms with Gasteiger partial charge in [0, 0.05) is 37.4 Å². The van der Waals surface area contributed by atoms with Crippen molar-refractivity contribution in [1.82, 2.24) is 20.0 Å². The first-order valence-electron chi connectivity index (χ1n) is 8.31. The van der Waals surface area contributed by atoms with Crippen LogP contribution in [0, 0.1) is 0 Å².